The van der Waals surface area contributed by atoms with Crippen molar-refractivity contribution < 1.29 is 24.3 Å². The molecule has 0 bridgehead atoms. The predicted octanol–water partition coefficient (Wildman–Crippen LogP) is -1.24. The minimum atomic E-state index is -1.29. The highest BCUT2D eigenvalue weighted by atomic mass is 35.5. The fourth-order valence-corrected chi connectivity index (χ4v) is 0.968. The molecular formula is C5H8ClO5. The summed E-state index contributed by atoms with van der Waals surface area (Å²) in [6.45, 7) is -0.401. The van der Waals surface area contributed by atoms with Gasteiger partial charge in [0.2, 0.25) is 0 Å². The molecule has 0 aliphatic carbocycles. The molecule has 1 aliphatic rings. The van der Waals surface area contributed by atoms with E-state index in [-0.39, 0.29) is 6.29 Å². The largest absolute Gasteiger partial charge is 0.394 e. The minimum Gasteiger partial charge on any atom is -0.394 e. The topological polar surface area (TPSA) is 79.2 Å². The molecule has 1 rings (SSSR count). The van der Waals surface area contributed by atoms with Gasteiger partial charge in [0, 0.05) is 0 Å². The molecule has 3 atom stereocenters. The second-order valence-corrected chi connectivity index (χ2v) is 2.32. The van der Waals surface area contributed by atoms with E-state index in [9.17, 15) is 0 Å². The fourth-order valence-electron chi connectivity index (χ4n) is 0.840. The molecule has 0 aromatic heterocycles. The molecule has 11 heavy (non-hydrogen) atoms. The SMILES string of the molecule is OC[C@H]1O[C](OCl)[C@H](O)[C@@H]1O. The number of aliphatic hydroxyl groups is 3. The van der Waals surface area contributed by atoms with Crippen LogP contribution in [0.25, 0.3) is 0 Å². The maximum atomic E-state index is 9.06. The van der Waals surface area contributed by atoms with E-state index in [0.29, 0.717) is 0 Å². The van der Waals surface area contributed by atoms with Gasteiger partial charge >= 0.3 is 0 Å². The molecule has 1 saturated heterocycles. The third-order valence-corrected chi connectivity index (χ3v) is 1.62. The second kappa shape index (κ2) is 3.66. The molecule has 5 nitrogen and oxygen atoms in total. The van der Waals surface area contributed by atoms with Crippen molar-refractivity contribution in [3.63, 3.8) is 0 Å². The molecule has 0 aromatic rings. The normalized spacial score (nSPS) is 39.8. The molecule has 65 valence electrons. The fraction of sp³-hybridized carbons (Fsp3) is 0.800. The Morgan fingerprint density at radius 1 is 1.55 bits per heavy atom. The lowest BCUT2D eigenvalue weighted by atomic mass is 10.1. The first-order valence-corrected chi connectivity index (χ1v) is 3.30. The van der Waals surface area contributed by atoms with Crippen molar-refractivity contribution in [3.8, 4) is 0 Å². The summed E-state index contributed by atoms with van der Waals surface area (Å²) in [5.74, 6) is 0. The monoisotopic (exact) mass is 183 g/mol. The van der Waals surface area contributed by atoms with Gasteiger partial charge in [-0.2, -0.15) is 0 Å². The van der Waals surface area contributed by atoms with Gasteiger partial charge < -0.3 is 20.1 Å². The van der Waals surface area contributed by atoms with Gasteiger partial charge in [-0.15, -0.1) is 0 Å². The number of ether oxygens (including phenoxy) is 1. The summed E-state index contributed by atoms with van der Waals surface area (Å²) >= 11 is 4.88. The highest BCUT2D eigenvalue weighted by Gasteiger charge is 2.44. The zero-order chi connectivity index (χ0) is 8.43. The van der Waals surface area contributed by atoms with Gasteiger partial charge in [0.25, 0.3) is 6.29 Å². The van der Waals surface area contributed by atoms with Crippen LogP contribution in [-0.2, 0) is 9.03 Å². The van der Waals surface area contributed by atoms with Crippen LogP contribution in [0.15, 0.2) is 0 Å². The first kappa shape index (κ1) is 9.18. The minimum absolute atomic E-state index is 0.279. The zero-order valence-electron chi connectivity index (χ0n) is 5.48. The Kier molecular flexibility index (Phi) is 3.06. The molecule has 3 N–H and O–H groups in total. The van der Waals surface area contributed by atoms with Gasteiger partial charge in [0.15, 0.2) is 0 Å². The standard InChI is InChI=1S/C5H8ClO5/c6-11-5-4(9)3(8)2(1-7)10-5/h2-4,7-9H,1H2/t2-,3-,4-/m1/s1. The number of rotatable bonds is 2. The summed E-state index contributed by atoms with van der Waals surface area (Å²) in [5, 5.41) is 26.7. The van der Waals surface area contributed by atoms with E-state index in [1.54, 1.807) is 0 Å². The Morgan fingerprint density at radius 2 is 2.18 bits per heavy atom. The maximum absolute atomic E-state index is 9.06. The molecule has 1 heterocycles. The van der Waals surface area contributed by atoms with E-state index in [4.69, 9.17) is 31.9 Å². The van der Waals surface area contributed by atoms with Crippen molar-refractivity contribution in [1.82, 2.24) is 0 Å². The molecule has 6 heteroatoms. The Bertz CT molecular complexity index is 114. The lowest BCUT2D eigenvalue weighted by molar-refractivity contribution is -0.0305. The van der Waals surface area contributed by atoms with Gasteiger partial charge in [-0.25, -0.2) is 4.29 Å². The van der Waals surface area contributed by atoms with Crippen molar-refractivity contribution in [1.29, 1.82) is 0 Å². The summed E-state index contributed by atoms with van der Waals surface area (Å²) in [5.41, 5.74) is 0. The van der Waals surface area contributed by atoms with Crippen LogP contribution in [0.5, 0.6) is 0 Å². The van der Waals surface area contributed by atoms with Crippen LogP contribution in [0, 0.1) is 6.29 Å². The third kappa shape index (κ3) is 1.64. The van der Waals surface area contributed by atoms with Gasteiger partial charge in [0.05, 0.1) is 18.5 Å². The number of hydrogen-bond donors (Lipinski definition) is 3. The van der Waals surface area contributed by atoms with Crippen molar-refractivity contribution in [2.45, 2.75) is 18.3 Å². The van der Waals surface area contributed by atoms with Crippen LogP contribution in [0.4, 0.5) is 0 Å². The average Bonchev–Trinajstić information content (AvgIpc) is 2.30. The lowest BCUT2D eigenvalue weighted by Gasteiger charge is -2.09. The van der Waals surface area contributed by atoms with Crippen molar-refractivity contribution in [2.75, 3.05) is 6.61 Å². The number of aliphatic hydroxyl groups excluding tert-OH is 3. The number of hydrogen-bond acceptors (Lipinski definition) is 5. The van der Waals surface area contributed by atoms with Gasteiger partial charge in [-0.05, 0) is 0 Å². The Labute approximate surface area is 68.3 Å². The van der Waals surface area contributed by atoms with E-state index < -0.39 is 24.9 Å². The van der Waals surface area contributed by atoms with Crippen LogP contribution in [0.2, 0.25) is 0 Å². The Morgan fingerprint density at radius 3 is 2.45 bits per heavy atom. The summed E-state index contributed by atoms with van der Waals surface area (Å²) < 4.78 is 8.77. The summed E-state index contributed by atoms with van der Waals surface area (Å²) in [7, 11) is 0. The van der Waals surface area contributed by atoms with Gasteiger partial charge in [0.1, 0.15) is 18.3 Å². The van der Waals surface area contributed by atoms with Crippen LogP contribution >= 0.6 is 11.9 Å². The Balaban J connectivity index is 2.53. The lowest BCUT2D eigenvalue weighted by Crippen LogP contribution is -2.32. The van der Waals surface area contributed by atoms with Crippen LogP contribution in [-0.4, -0.2) is 40.2 Å². The van der Waals surface area contributed by atoms with E-state index in [1.807, 2.05) is 0 Å². The van der Waals surface area contributed by atoms with Gasteiger partial charge in [-0.3, -0.25) is 0 Å². The Hall–Kier alpha value is 0.0900. The highest BCUT2D eigenvalue weighted by Crippen LogP contribution is 2.28. The van der Waals surface area contributed by atoms with E-state index in [1.165, 1.54) is 0 Å². The van der Waals surface area contributed by atoms with Crippen LogP contribution < -0.4 is 0 Å². The molecule has 0 aromatic carbocycles. The van der Waals surface area contributed by atoms with Gasteiger partial charge in [-0.1, -0.05) is 0 Å². The van der Waals surface area contributed by atoms with Crippen LogP contribution in [0.3, 0.4) is 0 Å². The zero-order valence-corrected chi connectivity index (χ0v) is 6.23. The van der Waals surface area contributed by atoms with Crippen LogP contribution in [0.1, 0.15) is 0 Å². The molecule has 1 radical (unpaired) electrons. The average molecular weight is 184 g/mol. The van der Waals surface area contributed by atoms with Crippen molar-refractivity contribution in [3.05, 3.63) is 6.29 Å². The summed E-state index contributed by atoms with van der Waals surface area (Å²) in [6.07, 6.45) is -3.62. The number of halogens is 1. The first-order chi connectivity index (χ1) is 5.20. The van der Waals surface area contributed by atoms with Crippen molar-refractivity contribution in [2.24, 2.45) is 0 Å². The first-order valence-electron chi connectivity index (χ1n) is 2.99. The quantitative estimate of drug-likeness (QED) is 0.499. The van der Waals surface area contributed by atoms with E-state index in [0.717, 1.165) is 0 Å². The summed E-state index contributed by atoms with van der Waals surface area (Å²) in [6, 6.07) is 0. The summed E-state index contributed by atoms with van der Waals surface area (Å²) in [4.78, 5) is 0. The smallest absolute Gasteiger partial charge is 0.275 e. The highest BCUT2D eigenvalue weighted by molar-refractivity contribution is 6.07. The molecule has 0 saturated carbocycles. The second-order valence-electron chi connectivity index (χ2n) is 2.17. The van der Waals surface area contributed by atoms with Crippen molar-refractivity contribution >= 4 is 11.9 Å². The molecule has 0 unspecified atom stereocenters. The van der Waals surface area contributed by atoms with E-state index in [2.05, 4.69) is 4.29 Å². The molecule has 0 amide bonds. The maximum Gasteiger partial charge on any atom is 0.275 e. The molecule has 1 aliphatic heterocycles. The molecule has 0 spiro atoms. The predicted molar refractivity (Wildman–Crippen MR) is 34.2 cm³/mol. The van der Waals surface area contributed by atoms with E-state index >= 15 is 0 Å². The third-order valence-electron chi connectivity index (χ3n) is 1.47. The molecule has 1 fully saturated rings. The molecular weight excluding hydrogens is 176 g/mol.